The van der Waals surface area contributed by atoms with Crippen LogP contribution in [0, 0.1) is 0 Å². The van der Waals surface area contributed by atoms with Crippen LogP contribution in [0.15, 0.2) is 23.3 Å². The molecule has 0 aliphatic heterocycles. The largest absolute Gasteiger partial charge is 0.497 e. The summed E-state index contributed by atoms with van der Waals surface area (Å²) in [5.74, 6) is -0.422. The number of carbonyl (C=O) groups excluding carboxylic acids is 2. The minimum atomic E-state index is -0.847. The lowest BCUT2D eigenvalue weighted by Gasteiger charge is -2.06. The Balaban J connectivity index is 2.80. The first-order chi connectivity index (χ1) is 9.12. The molecule has 0 saturated heterocycles. The van der Waals surface area contributed by atoms with Crippen LogP contribution in [0.4, 0.5) is 0 Å². The van der Waals surface area contributed by atoms with Crippen molar-refractivity contribution in [1.82, 2.24) is 10.7 Å². The summed E-state index contributed by atoms with van der Waals surface area (Å²) >= 11 is 0. The molecule has 0 fully saturated rings. The molecule has 1 aromatic rings. The number of hydrazone groups is 1. The predicted octanol–water partition coefficient (Wildman–Crippen LogP) is -0.100. The van der Waals surface area contributed by atoms with Crippen LogP contribution in [0.1, 0.15) is 5.56 Å². The van der Waals surface area contributed by atoms with Gasteiger partial charge in [0.2, 0.25) is 0 Å². The second-order valence-corrected chi connectivity index (χ2v) is 3.39. The number of amides is 2. The summed E-state index contributed by atoms with van der Waals surface area (Å²) < 4.78 is 10.2. The van der Waals surface area contributed by atoms with Crippen molar-refractivity contribution in [2.45, 2.75) is 0 Å². The van der Waals surface area contributed by atoms with Gasteiger partial charge in [0, 0.05) is 12.6 Å². The van der Waals surface area contributed by atoms with Crippen molar-refractivity contribution in [2.75, 3.05) is 21.3 Å². The first-order valence-electron chi connectivity index (χ1n) is 5.39. The first-order valence-corrected chi connectivity index (χ1v) is 5.39. The summed E-state index contributed by atoms with van der Waals surface area (Å²) in [6.07, 6.45) is 1.36. The Morgan fingerprint density at radius 1 is 1.21 bits per heavy atom. The number of nitrogens with one attached hydrogen (secondary N) is 2. The van der Waals surface area contributed by atoms with E-state index in [1.54, 1.807) is 18.2 Å². The molecule has 1 rings (SSSR count). The van der Waals surface area contributed by atoms with E-state index in [4.69, 9.17) is 9.47 Å². The number of rotatable bonds is 4. The zero-order valence-electron chi connectivity index (χ0n) is 10.9. The Bertz CT molecular complexity index is 500. The predicted molar refractivity (Wildman–Crippen MR) is 69.3 cm³/mol. The number of ether oxygens (including phenoxy) is 2. The van der Waals surface area contributed by atoms with Crippen LogP contribution < -0.4 is 20.2 Å². The molecular formula is C12H15N3O4. The molecule has 0 unspecified atom stereocenters. The van der Waals surface area contributed by atoms with Crippen molar-refractivity contribution in [3.8, 4) is 11.5 Å². The zero-order chi connectivity index (χ0) is 14.3. The molecule has 102 valence electrons. The zero-order valence-corrected chi connectivity index (χ0v) is 10.9. The van der Waals surface area contributed by atoms with E-state index in [0.29, 0.717) is 17.1 Å². The second-order valence-electron chi connectivity index (χ2n) is 3.39. The topological polar surface area (TPSA) is 89.0 Å². The van der Waals surface area contributed by atoms with Crippen LogP contribution in [0.2, 0.25) is 0 Å². The van der Waals surface area contributed by atoms with Crippen LogP contribution in [0.5, 0.6) is 11.5 Å². The molecule has 0 radical (unpaired) electrons. The number of likely N-dealkylation sites (N-methyl/N-ethyl adjacent to an activating group) is 1. The normalized spacial score (nSPS) is 10.1. The fourth-order valence-electron chi connectivity index (χ4n) is 1.27. The molecule has 7 heteroatoms. The summed E-state index contributed by atoms with van der Waals surface area (Å²) in [6, 6.07) is 5.13. The minimum absolute atomic E-state index is 0.568. The minimum Gasteiger partial charge on any atom is -0.497 e. The molecule has 1 aromatic carbocycles. The molecule has 0 saturated carbocycles. The third kappa shape index (κ3) is 3.98. The lowest BCUT2D eigenvalue weighted by molar-refractivity contribution is -0.138. The van der Waals surface area contributed by atoms with Crippen molar-refractivity contribution < 1.29 is 19.1 Å². The molecule has 0 aliphatic rings. The summed E-state index contributed by atoms with van der Waals surface area (Å²) in [5.41, 5.74) is 2.70. The highest BCUT2D eigenvalue weighted by atomic mass is 16.5. The molecule has 0 aliphatic carbocycles. The van der Waals surface area contributed by atoms with E-state index in [0.717, 1.165) is 0 Å². The fourth-order valence-corrected chi connectivity index (χ4v) is 1.27. The summed E-state index contributed by atoms with van der Waals surface area (Å²) in [6.45, 7) is 0. The molecular weight excluding hydrogens is 250 g/mol. The lowest BCUT2D eigenvalue weighted by atomic mass is 10.2. The van der Waals surface area contributed by atoms with Crippen LogP contribution in [-0.2, 0) is 9.59 Å². The van der Waals surface area contributed by atoms with Crippen LogP contribution in [0.3, 0.4) is 0 Å². The Kier molecular flexibility index (Phi) is 5.34. The van der Waals surface area contributed by atoms with Crippen molar-refractivity contribution in [1.29, 1.82) is 0 Å². The molecule has 0 atom stereocenters. The fraction of sp³-hybridized carbons (Fsp3) is 0.250. The molecule has 0 heterocycles. The molecule has 19 heavy (non-hydrogen) atoms. The summed E-state index contributed by atoms with van der Waals surface area (Å²) in [5, 5.41) is 5.86. The van der Waals surface area contributed by atoms with Gasteiger partial charge in [0.15, 0.2) is 0 Å². The third-order valence-electron chi connectivity index (χ3n) is 2.24. The van der Waals surface area contributed by atoms with Gasteiger partial charge in [-0.25, -0.2) is 5.43 Å². The molecule has 7 nitrogen and oxygen atoms in total. The first kappa shape index (κ1) is 14.5. The number of benzene rings is 1. The van der Waals surface area contributed by atoms with Gasteiger partial charge in [0.05, 0.1) is 20.4 Å². The van der Waals surface area contributed by atoms with Gasteiger partial charge in [-0.2, -0.15) is 5.10 Å². The summed E-state index contributed by atoms with van der Waals surface area (Å²) in [7, 11) is 4.41. The highest BCUT2D eigenvalue weighted by molar-refractivity contribution is 6.34. The van der Waals surface area contributed by atoms with E-state index in [-0.39, 0.29) is 0 Å². The van der Waals surface area contributed by atoms with E-state index in [1.807, 2.05) is 0 Å². The number of hydrogen-bond donors (Lipinski definition) is 2. The average molecular weight is 265 g/mol. The molecule has 2 N–H and O–H groups in total. The van der Waals surface area contributed by atoms with Crippen molar-refractivity contribution in [2.24, 2.45) is 5.10 Å². The van der Waals surface area contributed by atoms with Crippen LogP contribution in [0.25, 0.3) is 0 Å². The van der Waals surface area contributed by atoms with Crippen LogP contribution >= 0.6 is 0 Å². The Hall–Kier alpha value is -2.57. The van der Waals surface area contributed by atoms with Gasteiger partial charge in [0.1, 0.15) is 11.5 Å². The van der Waals surface area contributed by atoms with E-state index in [1.165, 1.54) is 27.5 Å². The number of hydrogen-bond acceptors (Lipinski definition) is 5. The van der Waals surface area contributed by atoms with E-state index in [9.17, 15) is 9.59 Å². The maximum absolute atomic E-state index is 11.1. The molecule has 0 spiro atoms. The SMILES string of the molecule is CNC(=O)C(=O)N/N=C\c1cc(OC)ccc1OC. The van der Waals surface area contributed by atoms with Gasteiger partial charge < -0.3 is 14.8 Å². The second kappa shape index (κ2) is 7.00. The van der Waals surface area contributed by atoms with Crippen molar-refractivity contribution in [3.63, 3.8) is 0 Å². The number of carbonyl (C=O) groups is 2. The standard InChI is InChI=1S/C12H15N3O4/c1-13-11(16)12(17)15-14-7-8-6-9(18-2)4-5-10(8)19-3/h4-7H,1-3H3,(H,13,16)(H,15,17)/b14-7-. The van der Waals surface area contributed by atoms with Gasteiger partial charge in [-0.3, -0.25) is 9.59 Å². The Labute approximate surface area is 110 Å². The summed E-state index contributed by atoms with van der Waals surface area (Å²) in [4.78, 5) is 22.1. The van der Waals surface area contributed by atoms with Crippen molar-refractivity contribution in [3.05, 3.63) is 23.8 Å². The molecule has 0 bridgehead atoms. The number of methoxy groups -OCH3 is 2. The highest BCUT2D eigenvalue weighted by Crippen LogP contribution is 2.22. The molecule has 0 aromatic heterocycles. The molecule has 2 amide bonds. The van der Waals surface area contributed by atoms with Gasteiger partial charge in [0.25, 0.3) is 0 Å². The monoisotopic (exact) mass is 265 g/mol. The maximum atomic E-state index is 11.1. The maximum Gasteiger partial charge on any atom is 0.329 e. The Morgan fingerprint density at radius 3 is 2.53 bits per heavy atom. The lowest BCUT2D eigenvalue weighted by Crippen LogP contribution is -2.35. The highest BCUT2D eigenvalue weighted by Gasteiger charge is 2.09. The van der Waals surface area contributed by atoms with Crippen LogP contribution in [-0.4, -0.2) is 39.3 Å². The van der Waals surface area contributed by atoms with E-state index < -0.39 is 11.8 Å². The van der Waals surface area contributed by atoms with Gasteiger partial charge in [-0.1, -0.05) is 0 Å². The number of nitrogens with zero attached hydrogens (tertiary/aromatic N) is 1. The third-order valence-corrected chi connectivity index (χ3v) is 2.24. The quantitative estimate of drug-likeness (QED) is 0.452. The van der Waals surface area contributed by atoms with Gasteiger partial charge >= 0.3 is 11.8 Å². The average Bonchev–Trinajstić information content (AvgIpc) is 2.45. The van der Waals surface area contributed by atoms with E-state index in [2.05, 4.69) is 15.8 Å². The Morgan fingerprint density at radius 2 is 1.95 bits per heavy atom. The van der Waals surface area contributed by atoms with Gasteiger partial charge in [-0.15, -0.1) is 0 Å². The smallest absolute Gasteiger partial charge is 0.329 e. The van der Waals surface area contributed by atoms with Crippen molar-refractivity contribution >= 4 is 18.0 Å². The van der Waals surface area contributed by atoms with Gasteiger partial charge in [-0.05, 0) is 18.2 Å². The van der Waals surface area contributed by atoms with E-state index >= 15 is 0 Å².